The first kappa shape index (κ1) is 27.5. The quantitative estimate of drug-likeness (QED) is 0.112. The maximum atomic E-state index is 12.9. The number of carbonyl (C=O) groups excluding carboxylic acids is 1. The molecule has 0 fully saturated rings. The Morgan fingerprint density at radius 3 is 1.39 bits per heavy atom. The van der Waals surface area contributed by atoms with Crippen molar-refractivity contribution in [3.8, 4) is 0 Å². The van der Waals surface area contributed by atoms with Crippen molar-refractivity contribution < 1.29 is 31.3 Å². The van der Waals surface area contributed by atoms with Crippen molar-refractivity contribution in [2.75, 3.05) is 12.5 Å². The minimum atomic E-state index is -5.79. The average molecular weight is 449 g/mol. The van der Waals surface area contributed by atoms with Crippen LogP contribution in [-0.4, -0.2) is 36.7 Å². The van der Waals surface area contributed by atoms with Crippen LogP contribution in [0.2, 0.25) is 0 Å². The van der Waals surface area contributed by atoms with Crippen LogP contribution < -0.4 is 0 Å². The summed E-state index contributed by atoms with van der Waals surface area (Å²) >= 11 is 5.64. The molecule has 0 aromatic rings. The summed E-state index contributed by atoms with van der Waals surface area (Å²) in [4.78, 5) is 11.0. The van der Waals surface area contributed by atoms with Gasteiger partial charge in [0.05, 0.1) is 6.61 Å². The van der Waals surface area contributed by atoms with Crippen molar-refractivity contribution in [1.29, 1.82) is 0 Å². The van der Waals surface area contributed by atoms with Gasteiger partial charge in [0.2, 0.25) is 0 Å². The van der Waals surface area contributed by atoms with Gasteiger partial charge in [-0.2, -0.15) is 17.2 Å². The summed E-state index contributed by atoms with van der Waals surface area (Å²) in [5.41, 5.74) is 0. The number of rotatable bonds is 19. The van der Waals surface area contributed by atoms with Crippen molar-refractivity contribution in [3.05, 3.63) is 0 Å². The highest BCUT2D eigenvalue weighted by atomic mass is 35.5. The molecule has 1 N–H and O–H groups in total. The molecule has 0 amide bonds. The zero-order valence-corrected chi connectivity index (χ0v) is 18.2. The predicted octanol–water partition coefficient (Wildman–Crippen LogP) is 6.10. The number of carbonyl (C=O) groups is 1. The first-order valence-corrected chi connectivity index (χ1v) is 12.3. The molecule has 28 heavy (non-hydrogen) atoms. The van der Waals surface area contributed by atoms with Gasteiger partial charge in [0, 0.05) is 5.88 Å². The fraction of sp³-hybridized carbons (Fsp3) is 0.947. The minimum Gasteiger partial charge on any atom is -0.460 e. The first-order chi connectivity index (χ1) is 13.2. The van der Waals surface area contributed by atoms with Crippen LogP contribution in [-0.2, 0) is 19.6 Å². The molecule has 0 saturated heterocycles. The normalized spacial score (nSPS) is 12.3. The molecule has 0 aromatic carbocycles. The van der Waals surface area contributed by atoms with E-state index in [2.05, 4.69) is 4.74 Å². The summed E-state index contributed by atoms with van der Waals surface area (Å²) < 4.78 is 59.1. The van der Waals surface area contributed by atoms with Gasteiger partial charge in [0.15, 0.2) is 0 Å². The monoisotopic (exact) mass is 448 g/mol. The number of alkyl halides is 3. The zero-order valence-electron chi connectivity index (χ0n) is 16.6. The zero-order chi connectivity index (χ0) is 21.3. The van der Waals surface area contributed by atoms with Crippen molar-refractivity contribution in [2.24, 2.45) is 0 Å². The third kappa shape index (κ3) is 13.7. The summed E-state index contributed by atoms with van der Waals surface area (Å²) in [6, 6.07) is 0. The van der Waals surface area contributed by atoms with Crippen LogP contribution in [0.15, 0.2) is 0 Å². The van der Waals surface area contributed by atoms with Gasteiger partial charge in [0.1, 0.15) is 0 Å². The largest absolute Gasteiger partial charge is 0.465 e. The van der Waals surface area contributed by atoms with Crippen molar-refractivity contribution in [1.82, 2.24) is 0 Å². The Kier molecular flexibility index (Phi) is 16.1. The molecule has 0 saturated carbocycles. The summed E-state index contributed by atoms with van der Waals surface area (Å²) in [5.74, 6) is -1.46. The highest BCUT2D eigenvalue weighted by Gasteiger charge is 2.54. The maximum absolute atomic E-state index is 12.9. The third-order valence-corrected chi connectivity index (χ3v) is 5.65. The fourth-order valence-electron chi connectivity index (χ4n) is 2.85. The second-order valence-corrected chi connectivity index (χ2v) is 8.96. The van der Waals surface area contributed by atoms with Gasteiger partial charge < -0.3 is 4.74 Å². The lowest BCUT2D eigenvalue weighted by molar-refractivity contribution is -0.161. The fourth-order valence-corrected chi connectivity index (χ4v) is 3.31. The van der Waals surface area contributed by atoms with Crippen molar-refractivity contribution in [2.45, 2.75) is 102 Å². The molecule has 0 radical (unpaired) electrons. The van der Waals surface area contributed by atoms with E-state index >= 15 is 0 Å². The first-order valence-electron chi connectivity index (χ1n) is 10.3. The van der Waals surface area contributed by atoms with Crippen LogP contribution in [0.4, 0.5) is 8.78 Å². The van der Waals surface area contributed by atoms with E-state index < -0.39 is 21.3 Å². The number of unbranched alkanes of at least 4 members (excludes halogenated alkanes) is 14. The lowest BCUT2D eigenvalue weighted by Crippen LogP contribution is -2.39. The van der Waals surface area contributed by atoms with E-state index in [1.165, 1.54) is 57.8 Å². The predicted molar refractivity (Wildman–Crippen MR) is 107 cm³/mol. The Morgan fingerprint density at radius 2 is 1.07 bits per heavy atom. The molecule has 0 unspecified atom stereocenters. The standard InChI is InChI=1S/C19H35ClF2O5S/c20-16-14-12-10-8-6-4-2-1-3-5-7-9-11-13-15-17-27-18(23)19(21,22)28(24,25)26/h1-17H2,(H,24,25,26). The topological polar surface area (TPSA) is 80.7 Å². The van der Waals surface area contributed by atoms with Crippen LogP contribution in [0, 0.1) is 0 Å². The van der Waals surface area contributed by atoms with E-state index in [-0.39, 0.29) is 6.61 Å². The molecule has 0 aromatic heterocycles. The summed E-state index contributed by atoms with van der Waals surface area (Å²) in [6.07, 6.45) is 16.7. The van der Waals surface area contributed by atoms with Crippen LogP contribution in [0.3, 0.4) is 0 Å². The van der Waals surface area contributed by atoms with Crippen LogP contribution in [0.25, 0.3) is 0 Å². The molecule has 0 spiro atoms. The van der Waals surface area contributed by atoms with E-state index in [1.807, 2.05) is 0 Å². The number of hydrogen-bond donors (Lipinski definition) is 1. The van der Waals surface area contributed by atoms with Gasteiger partial charge in [-0.3, -0.25) is 4.55 Å². The van der Waals surface area contributed by atoms with Gasteiger partial charge in [-0.05, 0) is 12.8 Å². The van der Waals surface area contributed by atoms with Crippen LogP contribution in [0.5, 0.6) is 0 Å². The smallest absolute Gasteiger partial charge is 0.460 e. The lowest BCUT2D eigenvalue weighted by atomic mass is 10.0. The second-order valence-electron chi connectivity index (χ2n) is 7.12. The Bertz CT molecular complexity index is 501. The second kappa shape index (κ2) is 16.3. The SMILES string of the molecule is O=C(OCCCCCCCCCCCCCCCCCCl)C(F)(F)S(=O)(=O)O. The molecule has 0 aliphatic rings. The van der Waals surface area contributed by atoms with Gasteiger partial charge in [0.25, 0.3) is 0 Å². The molecule has 0 atom stereocenters. The molecule has 0 heterocycles. The Labute approximate surface area is 173 Å². The molecular weight excluding hydrogens is 414 g/mol. The number of ether oxygens (including phenoxy) is 1. The third-order valence-electron chi connectivity index (χ3n) is 4.57. The molecule has 9 heteroatoms. The molecule has 0 aliphatic heterocycles. The highest BCUT2D eigenvalue weighted by molar-refractivity contribution is 7.87. The molecule has 0 rings (SSSR count). The van der Waals surface area contributed by atoms with E-state index in [9.17, 15) is 22.0 Å². The number of esters is 1. The Morgan fingerprint density at radius 1 is 0.750 bits per heavy atom. The molecule has 0 aliphatic carbocycles. The lowest BCUT2D eigenvalue weighted by Gasteiger charge is -2.11. The minimum absolute atomic E-state index is 0.282. The van der Waals surface area contributed by atoms with Crippen molar-refractivity contribution in [3.63, 3.8) is 0 Å². The maximum Gasteiger partial charge on any atom is 0.465 e. The van der Waals surface area contributed by atoms with Crippen LogP contribution >= 0.6 is 11.6 Å². The van der Waals surface area contributed by atoms with Gasteiger partial charge in [-0.1, -0.05) is 83.5 Å². The van der Waals surface area contributed by atoms with Gasteiger partial charge in [-0.25, -0.2) is 4.79 Å². The molecule has 0 bridgehead atoms. The molecular formula is C19H35ClF2O5S. The highest BCUT2D eigenvalue weighted by Crippen LogP contribution is 2.22. The van der Waals surface area contributed by atoms with Crippen LogP contribution in [0.1, 0.15) is 96.3 Å². The number of halogens is 3. The molecule has 168 valence electrons. The summed E-state index contributed by atoms with van der Waals surface area (Å²) in [7, 11) is -5.79. The van der Waals surface area contributed by atoms with Crippen molar-refractivity contribution >= 4 is 27.7 Å². The van der Waals surface area contributed by atoms with Gasteiger partial charge in [-0.15, -0.1) is 11.6 Å². The summed E-state index contributed by atoms with van der Waals surface area (Å²) in [6.45, 7) is -0.282. The van der Waals surface area contributed by atoms with Gasteiger partial charge >= 0.3 is 21.3 Å². The van der Waals surface area contributed by atoms with E-state index in [0.717, 1.165) is 31.6 Å². The molecule has 5 nitrogen and oxygen atoms in total. The Hall–Kier alpha value is -0.470. The average Bonchev–Trinajstić information content (AvgIpc) is 2.63. The Balaban J connectivity index is 3.35. The summed E-state index contributed by atoms with van der Waals surface area (Å²) in [5, 5.41) is -4.91. The van der Waals surface area contributed by atoms with E-state index in [1.54, 1.807) is 0 Å². The number of hydrogen-bond acceptors (Lipinski definition) is 4. The van der Waals surface area contributed by atoms with E-state index in [4.69, 9.17) is 16.2 Å². The van der Waals surface area contributed by atoms with E-state index in [0.29, 0.717) is 12.8 Å².